The monoisotopic (exact) mass is 354 g/mol. The first-order valence-electron chi connectivity index (χ1n) is 8.17. The van der Waals surface area contributed by atoms with Crippen molar-refractivity contribution in [3.05, 3.63) is 65.2 Å². The van der Waals surface area contributed by atoms with Crippen molar-refractivity contribution in [1.29, 1.82) is 0 Å². The van der Waals surface area contributed by atoms with Gasteiger partial charge in [-0.2, -0.15) is 0 Å². The number of rotatable bonds is 4. The first-order chi connectivity index (χ1) is 12.5. The number of alkyl carbamates (subject to hydrolysis) is 1. The highest BCUT2D eigenvalue weighted by atomic mass is 16.5. The number of ether oxygens (including phenoxy) is 1. The van der Waals surface area contributed by atoms with Crippen molar-refractivity contribution in [2.75, 3.05) is 5.32 Å². The molecule has 7 nitrogen and oxygen atoms in total. The minimum Gasteiger partial charge on any atom is -0.478 e. The number of carboxylic acid groups (broad SMARTS) is 1. The summed E-state index contributed by atoms with van der Waals surface area (Å²) in [5.74, 6) is -1.38. The average Bonchev–Trinajstić information content (AvgIpc) is 2.79. The maximum absolute atomic E-state index is 12.3. The molecule has 7 heteroatoms. The first kappa shape index (κ1) is 17.5. The van der Waals surface area contributed by atoms with E-state index in [1.54, 1.807) is 6.07 Å². The van der Waals surface area contributed by atoms with Gasteiger partial charge in [-0.05, 0) is 42.2 Å². The topological polar surface area (TPSA) is 105 Å². The first-order valence-corrected chi connectivity index (χ1v) is 8.17. The Morgan fingerprint density at radius 1 is 1.19 bits per heavy atom. The lowest BCUT2D eigenvalue weighted by molar-refractivity contribution is -0.118. The Hall–Kier alpha value is -3.35. The van der Waals surface area contributed by atoms with Gasteiger partial charge in [-0.15, -0.1) is 0 Å². The summed E-state index contributed by atoms with van der Waals surface area (Å²) >= 11 is 0. The maximum atomic E-state index is 12.3. The van der Waals surface area contributed by atoms with Gasteiger partial charge >= 0.3 is 12.1 Å². The summed E-state index contributed by atoms with van der Waals surface area (Å²) < 4.78 is 5.14. The highest BCUT2D eigenvalue weighted by molar-refractivity contribution is 5.98. The lowest BCUT2D eigenvalue weighted by Gasteiger charge is -2.15. The molecule has 1 unspecified atom stereocenters. The third kappa shape index (κ3) is 4.18. The Kier molecular flexibility index (Phi) is 5.17. The minimum atomic E-state index is -1.03. The SMILES string of the molecule is O=C(NC1CCc2cc(C(=O)O)ccc2NC1=O)OCc1ccccc1. The van der Waals surface area contributed by atoms with Gasteiger partial charge in [0.05, 0.1) is 5.56 Å². The maximum Gasteiger partial charge on any atom is 0.408 e. The van der Waals surface area contributed by atoms with Gasteiger partial charge < -0.3 is 20.5 Å². The van der Waals surface area contributed by atoms with Crippen molar-refractivity contribution in [1.82, 2.24) is 5.32 Å². The molecule has 2 amide bonds. The van der Waals surface area contributed by atoms with Crippen molar-refractivity contribution in [2.45, 2.75) is 25.5 Å². The molecule has 0 aromatic heterocycles. The molecule has 26 heavy (non-hydrogen) atoms. The van der Waals surface area contributed by atoms with E-state index in [9.17, 15) is 14.4 Å². The third-order valence-corrected chi connectivity index (χ3v) is 4.13. The number of aromatic carboxylic acids is 1. The zero-order chi connectivity index (χ0) is 18.5. The summed E-state index contributed by atoms with van der Waals surface area (Å²) in [5, 5.41) is 14.3. The Morgan fingerprint density at radius 3 is 2.69 bits per heavy atom. The van der Waals surface area contributed by atoms with E-state index in [1.807, 2.05) is 30.3 Å². The predicted molar refractivity (Wildman–Crippen MR) is 93.9 cm³/mol. The molecule has 0 bridgehead atoms. The Morgan fingerprint density at radius 2 is 1.96 bits per heavy atom. The number of benzene rings is 2. The fraction of sp³-hybridized carbons (Fsp3) is 0.211. The predicted octanol–water partition coefficient (Wildman–Crippen LogP) is 2.56. The van der Waals surface area contributed by atoms with Crippen LogP contribution in [0.25, 0.3) is 0 Å². The van der Waals surface area contributed by atoms with Crippen LogP contribution in [0.15, 0.2) is 48.5 Å². The summed E-state index contributed by atoms with van der Waals surface area (Å²) in [6, 6.07) is 13.0. The van der Waals surface area contributed by atoms with Gasteiger partial charge in [0.15, 0.2) is 0 Å². The van der Waals surface area contributed by atoms with E-state index in [0.29, 0.717) is 18.5 Å². The minimum absolute atomic E-state index is 0.114. The molecule has 1 heterocycles. The summed E-state index contributed by atoms with van der Waals surface area (Å²) in [4.78, 5) is 35.4. The molecule has 2 aromatic carbocycles. The molecule has 0 saturated heterocycles. The number of aryl methyl sites for hydroxylation is 1. The van der Waals surface area contributed by atoms with Gasteiger partial charge in [0, 0.05) is 5.69 Å². The van der Waals surface area contributed by atoms with Crippen molar-refractivity contribution >= 4 is 23.7 Å². The van der Waals surface area contributed by atoms with E-state index in [0.717, 1.165) is 11.1 Å². The second-order valence-electron chi connectivity index (χ2n) is 5.96. The number of carbonyl (C=O) groups is 3. The van der Waals surface area contributed by atoms with Gasteiger partial charge in [-0.1, -0.05) is 30.3 Å². The molecule has 1 aliphatic rings. The summed E-state index contributed by atoms with van der Waals surface area (Å²) in [5.41, 5.74) is 2.29. The molecular formula is C19H18N2O5. The highest BCUT2D eigenvalue weighted by Gasteiger charge is 2.26. The normalized spacial score (nSPS) is 16.0. The smallest absolute Gasteiger partial charge is 0.408 e. The van der Waals surface area contributed by atoms with E-state index in [-0.39, 0.29) is 18.1 Å². The van der Waals surface area contributed by atoms with Crippen LogP contribution >= 0.6 is 0 Å². The molecule has 0 aliphatic carbocycles. The fourth-order valence-corrected chi connectivity index (χ4v) is 2.75. The van der Waals surface area contributed by atoms with Gasteiger partial charge in [-0.3, -0.25) is 4.79 Å². The second kappa shape index (κ2) is 7.69. The number of carbonyl (C=O) groups excluding carboxylic acids is 2. The van der Waals surface area contributed by atoms with Crippen molar-refractivity contribution in [3.8, 4) is 0 Å². The van der Waals surface area contributed by atoms with E-state index in [2.05, 4.69) is 10.6 Å². The molecule has 1 aliphatic heterocycles. The molecule has 2 aromatic rings. The third-order valence-electron chi connectivity index (χ3n) is 4.13. The second-order valence-corrected chi connectivity index (χ2v) is 5.96. The van der Waals surface area contributed by atoms with Crippen LogP contribution in [-0.4, -0.2) is 29.1 Å². The number of fused-ring (bicyclic) bond motifs is 1. The Balaban J connectivity index is 1.60. The molecule has 0 saturated carbocycles. The average molecular weight is 354 g/mol. The van der Waals surface area contributed by atoms with Gasteiger partial charge in [0.1, 0.15) is 12.6 Å². The molecule has 3 N–H and O–H groups in total. The molecule has 0 spiro atoms. The number of amides is 2. The van der Waals surface area contributed by atoms with Crippen molar-refractivity contribution in [2.24, 2.45) is 0 Å². The summed E-state index contributed by atoms with van der Waals surface area (Å²) in [6.45, 7) is 0.114. The molecule has 3 rings (SSSR count). The van der Waals surface area contributed by atoms with Crippen LogP contribution in [0, 0.1) is 0 Å². The quantitative estimate of drug-likeness (QED) is 0.783. The molecule has 0 radical (unpaired) electrons. The van der Waals surface area contributed by atoms with Crippen LogP contribution in [0.2, 0.25) is 0 Å². The van der Waals surface area contributed by atoms with Crippen LogP contribution in [0.3, 0.4) is 0 Å². The molecule has 134 valence electrons. The number of nitrogens with one attached hydrogen (secondary N) is 2. The number of anilines is 1. The van der Waals surface area contributed by atoms with Crippen LogP contribution in [0.5, 0.6) is 0 Å². The summed E-state index contributed by atoms with van der Waals surface area (Å²) in [7, 11) is 0. The van der Waals surface area contributed by atoms with Crippen LogP contribution in [-0.2, 0) is 22.6 Å². The van der Waals surface area contributed by atoms with Gasteiger partial charge in [0.25, 0.3) is 0 Å². The van der Waals surface area contributed by atoms with E-state index in [4.69, 9.17) is 9.84 Å². The lowest BCUT2D eigenvalue weighted by atomic mass is 10.0. The number of hydrogen-bond donors (Lipinski definition) is 3. The van der Waals surface area contributed by atoms with E-state index < -0.39 is 18.1 Å². The van der Waals surface area contributed by atoms with Crippen LogP contribution in [0.1, 0.15) is 27.9 Å². The standard InChI is InChI=1S/C19H18N2O5/c22-17-16(21-19(25)26-11-12-4-2-1-3-5-12)9-6-13-10-14(18(23)24)7-8-15(13)20-17/h1-5,7-8,10,16H,6,9,11H2,(H,20,22)(H,21,25)(H,23,24). The van der Waals surface area contributed by atoms with E-state index in [1.165, 1.54) is 12.1 Å². The van der Waals surface area contributed by atoms with E-state index >= 15 is 0 Å². The number of carboxylic acids is 1. The molecular weight excluding hydrogens is 336 g/mol. The molecule has 1 atom stereocenters. The zero-order valence-corrected chi connectivity index (χ0v) is 13.9. The Bertz CT molecular complexity index is 835. The fourth-order valence-electron chi connectivity index (χ4n) is 2.75. The zero-order valence-electron chi connectivity index (χ0n) is 13.9. The van der Waals surface area contributed by atoms with Crippen molar-refractivity contribution in [3.63, 3.8) is 0 Å². The van der Waals surface area contributed by atoms with Gasteiger partial charge in [-0.25, -0.2) is 9.59 Å². The summed E-state index contributed by atoms with van der Waals surface area (Å²) in [6.07, 6.45) is 0.132. The number of hydrogen-bond acceptors (Lipinski definition) is 4. The van der Waals surface area contributed by atoms with Gasteiger partial charge in [0.2, 0.25) is 5.91 Å². The van der Waals surface area contributed by atoms with Crippen LogP contribution < -0.4 is 10.6 Å². The Labute approximate surface area is 150 Å². The largest absolute Gasteiger partial charge is 0.478 e. The lowest BCUT2D eigenvalue weighted by Crippen LogP contribution is -2.43. The molecule has 0 fully saturated rings. The van der Waals surface area contributed by atoms with Crippen molar-refractivity contribution < 1.29 is 24.2 Å². The van der Waals surface area contributed by atoms with Crippen LogP contribution in [0.4, 0.5) is 10.5 Å². The highest BCUT2D eigenvalue weighted by Crippen LogP contribution is 2.23.